The fourth-order valence-electron chi connectivity index (χ4n) is 3.11. The van der Waals surface area contributed by atoms with Gasteiger partial charge in [-0.3, -0.25) is 4.79 Å². The van der Waals surface area contributed by atoms with E-state index in [0.717, 1.165) is 12.3 Å². The second kappa shape index (κ2) is 7.25. The zero-order valence-corrected chi connectivity index (χ0v) is 12.5. The smallest absolute Gasteiger partial charge is 0.335 e. The molecule has 2 rings (SSSR count). The zero-order valence-electron chi connectivity index (χ0n) is 12.5. The Morgan fingerprint density at radius 2 is 2.05 bits per heavy atom. The van der Waals surface area contributed by atoms with Crippen molar-refractivity contribution in [1.29, 1.82) is 0 Å². The van der Waals surface area contributed by atoms with Gasteiger partial charge in [-0.25, -0.2) is 4.79 Å². The first-order valence-corrected chi connectivity index (χ1v) is 7.68. The number of aromatic carboxylic acids is 1. The standard InChI is InChI=1S/C17H23NO3/c1-12-4-2-5-13(10-12)8-9-18-16(19)14-6-3-7-15(11-14)17(20)21/h3,6-7,11-13H,2,4-5,8-10H2,1H3,(H,18,19)(H,20,21). The third kappa shape index (κ3) is 4.59. The Morgan fingerprint density at radius 1 is 1.29 bits per heavy atom. The second-order valence-electron chi connectivity index (χ2n) is 6.07. The number of carboxylic acids is 1. The molecule has 1 aliphatic rings. The predicted octanol–water partition coefficient (Wildman–Crippen LogP) is 3.33. The molecule has 0 aliphatic heterocycles. The molecule has 0 aromatic heterocycles. The first-order valence-electron chi connectivity index (χ1n) is 7.68. The molecule has 4 heteroatoms. The number of nitrogens with one attached hydrogen (secondary N) is 1. The van der Waals surface area contributed by atoms with Crippen LogP contribution in [0.3, 0.4) is 0 Å². The Morgan fingerprint density at radius 3 is 2.76 bits per heavy atom. The number of benzene rings is 1. The Kier molecular flexibility index (Phi) is 5.37. The molecule has 0 heterocycles. The van der Waals surface area contributed by atoms with Crippen LogP contribution in [0.1, 0.15) is 59.7 Å². The van der Waals surface area contributed by atoms with E-state index in [1.807, 2.05) is 0 Å². The Hall–Kier alpha value is -1.84. The van der Waals surface area contributed by atoms with E-state index in [4.69, 9.17) is 5.11 Å². The van der Waals surface area contributed by atoms with Gasteiger partial charge in [0.05, 0.1) is 5.56 Å². The molecule has 2 unspecified atom stereocenters. The summed E-state index contributed by atoms with van der Waals surface area (Å²) in [7, 11) is 0. The number of carbonyl (C=O) groups excluding carboxylic acids is 1. The molecule has 114 valence electrons. The highest BCUT2D eigenvalue weighted by atomic mass is 16.4. The zero-order chi connectivity index (χ0) is 15.2. The third-order valence-corrected chi connectivity index (χ3v) is 4.25. The normalized spacial score (nSPS) is 21.8. The molecule has 0 bridgehead atoms. The number of carbonyl (C=O) groups is 2. The highest BCUT2D eigenvalue weighted by Gasteiger charge is 2.18. The van der Waals surface area contributed by atoms with E-state index < -0.39 is 5.97 Å². The molecule has 1 saturated carbocycles. The lowest BCUT2D eigenvalue weighted by Crippen LogP contribution is -2.27. The Balaban J connectivity index is 1.81. The number of hydrogen-bond acceptors (Lipinski definition) is 2. The minimum atomic E-state index is -1.01. The average molecular weight is 289 g/mol. The van der Waals surface area contributed by atoms with Gasteiger partial charge in [-0.05, 0) is 42.9 Å². The summed E-state index contributed by atoms with van der Waals surface area (Å²) in [5.41, 5.74) is 0.552. The molecule has 1 aromatic rings. The van der Waals surface area contributed by atoms with Gasteiger partial charge >= 0.3 is 5.97 Å². The third-order valence-electron chi connectivity index (χ3n) is 4.25. The molecule has 21 heavy (non-hydrogen) atoms. The van der Waals surface area contributed by atoms with E-state index >= 15 is 0 Å². The highest BCUT2D eigenvalue weighted by Crippen LogP contribution is 2.30. The highest BCUT2D eigenvalue weighted by molar-refractivity contribution is 5.97. The van der Waals surface area contributed by atoms with E-state index in [9.17, 15) is 9.59 Å². The van der Waals surface area contributed by atoms with Crippen molar-refractivity contribution in [2.75, 3.05) is 6.54 Å². The number of amides is 1. The summed E-state index contributed by atoms with van der Waals surface area (Å²) in [5.74, 6) is 0.300. The fraction of sp³-hybridized carbons (Fsp3) is 0.529. The van der Waals surface area contributed by atoms with Gasteiger partial charge in [0, 0.05) is 12.1 Å². The molecule has 4 nitrogen and oxygen atoms in total. The molecule has 1 aromatic carbocycles. The molecule has 0 saturated heterocycles. The minimum Gasteiger partial charge on any atom is -0.478 e. The van der Waals surface area contributed by atoms with Crippen molar-refractivity contribution in [3.8, 4) is 0 Å². The first-order chi connectivity index (χ1) is 10.1. The largest absolute Gasteiger partial charge is 0.478 e. The van der Waals surface area contributed by atoms with Crippen molar-refractivity contribution < 1.29 is 14.7 Å². The van der Waals surface area contributed by atoms with Crippen molar-refractivity contribution in [2.45, 2.75) is 39.0 Å². The number of rotatable bonds is 5. The van der Waals surface area contributed by atoms with Crippen molar-refractivity contribution in [2.24, 2.45) is 11.8 Å². The molecule has 1 fully saturated rings. The van der Waals surface area contributed by atoms with Crippen LogP contribution < -0.4 is 5.32 Å². The van der Waals surface area contributed by atoms with Gasteiger partial charge in [-0.1, -0.05) is 32.3 Å². The lowest BCUT2D eigenvalue weighted by atomic mass is 9.81. The molecule has 2 atom stereocenters. The van der Waals surface area contributed by atoms with Crippen LogP contribution >= 0.6 is 0 Å². The van der Waals surface area contributed by atoms with Crippen LogP contribution in [0.2, 0.25) is 0 Å². The van der Waals surface area contributed by atoms with Crippen LogP contribution in [0, 0.1) is 11.8 Å². The summed E-state index contributed by atoms with van der Waals surface area (Å²) < 4.78 is 0. The summed E-state index contributed by atoms with van der Waals surface area (Å²) in [6.07, 6.45) is 6.14. The molecular weight excluding hydrogens is 266 g/mol. The summed E-state index contributed by atoms with van der Waals surface area (Å²) in [4.78, 5) is 22.9. The van der Waals surface area contributed by atoms with Crippen LogP contribution in [0.5, 0.6) is 0 Å². The minimum absolute atomic E-state index is 0.142. The second-order valence-corrected chi connectivity index (χ2v) is 6.07. The van der Waals surface area contributed by atoms with Crippen LogP contribution in [0.4, 0.5) is 0 Å². The molecule has 1 amide bonds. The fourth-order valence-corrected chi connectivity index (χ4v) is 3.11. The van der Waals surface area contributed by atoms with Gasteiger partial charge in [0.25, 0.3) is 5.91 Å². The van der Waals surface area contributed by atoms with Gasteiger partial charge < -0.3 is 10.4 Å². The lowest BCUT2D eigenvalue weighted by Gasteiger charge is -2.26. The van der Waals surface area contributed by atoms with Gasteiger partial charge in [-0.2, -0.15) is 0 Å². The topological polar surface area (TPSA) is 66.4 Å². The summed E-state index contributed by atoms with van der Waals surface area (Å²) in [6.45, 7) is 2.95. The van der Waals surface area contributed by atoms with Crippen molar-refractivity contribution >= 4 is 11.9 Å². The maximum atomic E-state index is 12.0. The predicted molar refractivity (Wildman–Crippen MR) is 81.5 cm³/mol. The van der Waals surface area contributed by atoms with Crippen molar-refractivity contribution in [3.63, 3.8) is 0 Å². The van der Waals surface area contributed by atoms with Crippen molar-refractivity contribution in [3.05, 3.63) is 35.4 Å². The van der Waals surface area contributed by atoms with Gasteiger partial charge in [-0.15, -0.1) is 0 Å². The molecule has 2 N–H and O–H groups in total. The molecule has 0 radical (unpaired) electrons. The van der Waals surface area contributed by atoms with Gasteiger partial charge in [0.2, 0.25) is 0 Å². The SMILES string of the molecule is CC1CCCC(CCNC(=O)c2cccc(C(=O)O)c2)C1. The number of carboxylic acid groups (broad SMARTS) is 1. The monoisotopic (exact) mass is 289 g/mol. The van der Waals surface area contributed by atoms with E-state index in [-0.39, 0.29) is 11.5 Å². The lowest BCUT2D eigenvalue weighted by molar-refractivity contribution is 0.0697. The van der Waals surface area contributed by atoms with Crippen LogP contribution in [-0.4, -0.2) is 23.5 Å². The first kappa shape index (κ1) is 15.5. The summed E-state index contributed by atoms with van der Waals surface area (Å²) in [5, 5.41) is 11.8. The molecule has 1 aliphatic carbocycles. The quantitative estimate of drug-likeness (QED) is 0.873. The average Bonchev–Trinajstić information content (AvgIpc) is 2.47. The van der Waals surface area contributed by atoms with E-state index in [0.29, 0.717) is 18.0 Å². The van der Waals surface area contributed by atoms with Crippen LogP contribution in [-0.2, 0) is 0 Å². The van der Waals surface area contributed by atoms with Crippen LogP contribution in [0.25, 0.3) is 0 Å². The van der Waals surface area contributed by atoms with Crippen molar-refractivity contribution in [1.82, 2.24) is 5.32 Å². The van der Waals surface area contributed by atoms with E-state index in [1.165, 1.54) is 37.8 Å². The van der Waals surface area contributed by atoms with Gasteiger partial charge in [0.1, 0.15) is 0 Å². The van der Waals surface area contributed by atoms with Gasteiger partial charge in [0.15, 0.2) is 0 Å². The van der Waals surface area contributed by atoms with Crippen LogP contribution in [0.15, 0.2) is 24.3 Å². The van der Waals surface area contributed by atoms with E-state index in [1.54, 1.807) is 12.1 Å². The molecular formula is C17H23NO3. The Bertz CT molecular complexity index is 513. The summed E-state index contributed by atoms with van der Waals surface area (Å²) >= 11 is 0. The number of hydrogen-bond donors (Lipinski definition) is 2. The van der Waals surface area contributed by atoms with E-state index in [2.05, 4.69) is 12.2 Å². The summed E-state index contributed by atoms with van der Waals surface area (Å²) in [6, 6.07) is 6.15. The molecule has 0 spiro atoms. The maximum Gasteiger partial charge on any atom is 0.335 e. The Labute approximate surface area is 125 Å². The maximum absolute atomic E-state index is 12.0.